The van der Waals surface area contributed by atoms with Crippen LogP contribution in [0, 0.1) is 0 Å². The minimum Gasteiger partial charge on any atom is -0.466 e. The van der Waals surface area contributed by atoms with Crippen LogP contribution in [0.4, 0.5) is 0 Å². The Morgan fingerprint density at radius 2 is 1.40 bits per heavy atom. The molecule has 0 heterocycles. The Labute approximate surface area is 123 Å². The van der Waals surface area contributed by atoms with E-state index in [0.29, 0.717) is 6.61 Å². The number of hydrogen-bond donors (Lipinski definition) is 0. The first-order chi connectivity index (χ1) is 9.79. The molecule has 112 valence electrons. The third-order valence-corrected chi connectivity index (χ3v) is 3.51. The van der Waals surface area contributed by atoms with E-state index < -0.39 is 0 Å². The molecule has 0 radical (unpaired) electrons. The molecule has 0 saturated carbocycles. The number of carbonyl (C=O) groups excluding carboxylic acids is 1. The summed E-state index contributed by atoms with van der Waals surface area (Å²) < 4.78 is 4.90. The molecule has 1 aromatic rings. The number of unbranched alkanes of at least 4 members (excludes halogenated alkanes) is 7. The number of ether oxygens (including phenoxy) is 1. The van der Waals surface area contributed by atoms with Crippen molar-refractivity contribution >= 4 is 5.97 Å². The molecule has 0 aliphatic carbocycles. The average Bonchev–Trinajstić information content (AvgIpc) is 2.45. The van der Waals surface area contributed by atoms with Gasteiger partial charge in [-0.05, 0) is 24.8 Å². The van der Waals surface area contributed by atoms with Gasteiger partial charge in [0.15, 0.2) is 0 Å². The SMILES string of the molecule is CC(=O)OCCCCCCCCCCc1ccccc1. The smallest absolute Gasteiger partial charge is 0.302 e. The first-order valence-electron chi connectivity index (χ1n) is 7.96. The highest BCUT2D eigenvalue weighted by Crippen LogP contribution is 2.11. The Hall–Kier alpha value is -1.31. The summed E-state index contributed by atoms with van der Waals surface area (Å²) in [5.41, 5.74) is 1.46. The molecule has 0 aliphatic rings. The normalized spacial score (nSPS) is 10.4. The summed E-state index contributed by atoms with van der Waals surface area (Å²) in [7, 11) is 0. The topological polar surface area (TPSA) is 26.3 Å². The van der Waals surface area contributed by atoms with Crippen LogP contribution >= 0.6 is 0 Å². The monoisotopic (exact) mass is 276 g/mol. The fourth-order valence-corrected chi connectivity index (χ4v) is 2.35. The average molecular weight is 276 g/mol. The van der Waals surface area contributed by atoms with Gasteiger partial charge in [-0.25, -0.2) is 0 Å². The summed E-state index contributed by atoms with van der Waals surface area (Å²) in [5, 5.41) is 0. The summed E-state index contributed by atoms with van der Waals surface area (Å²) in [4.78, 5) is 10.6. The van der Waals surface area contributed by atoms with Crippen LogP contribution in [0.15, 0.2) is 30.3 Å². The molecule has 20 heavy (non-hydrogen) atoms. The van der Waals surface area contributed by atoms with E-state index in [0.717, 1.165) is 6.42 Å². The van der Waals surface area contributed by atoms with Gasteiger partial charge in [0, 0.05) is 6.92 Å². The van der Waals surface area contributed by atoms with Crippen LogP contribution in [0.3, 0.4) is 0 Å². The molecule has 1 aromatic carbocycles. The Bertz CT molecular complexity index is 346. The van der Waals surface area contributed by atoms with E-state index in [4.69, 9.17) is 4.74 Å². The van der Waals surface area contributed by atoms with Crippen LogP contribution in [-0.4, -0.2) is 12.6 Å². The molecule has 0 unspecified atom stereocenters. The third kappa shape index (κ3) is 9.60. The van der Waals surface area contributed by atoms with Gasteiger partial charge in [-0.3, -0.25) is 4.79 Å². The Morgan fingerprint density at radius 3 is 2.00 bits per heavy atom. The standard InChI is InChI=1S/C18H28O2/c1-17(19)20-16-12-7-5-3-2-4-6-9-13-18-14-10-8-11-15-18/h8,10-11,14-15H,2-7,9,12-13,16H2,1H3. The molecule has 0 amide bonds. The Morgan fingerprint density at radius 1 is 0.850 bits per heavy atom. The van der Waals surface area contributed by atoms with Gasteiger partial charge < -0.3 is 4.74 Å². The molecule has 0 aliphatic heterocycles. The molecule has 1 rings (SSSR count). The maximum absolute atomic E-state index is 10.6. The molecule has 0 aromatic heterocycles. The molecule has 0 atom stereocenters. The number of benzene rings is 1. The third-order valence-electron chi connectivity index (χ3n) is 3.51. The Balaban J connectivity index is 1.80. The largest absolute Gasteiger partial charge is 0.466 e. The van der Waals surface area contributed by atoms with Crippen molar-refractivity contribution in [2.45, 2.75) is 64.7 Å². The van der Waals surface area contributed by atoms with E-state index in [9.17, 15) is 4.79 Å². The van der Waals surface area contributed by atoms with Crippen molar-refractivity contribution in [3.05, 3.63) is 35.9 Å². The second kappa shape index (κ2) is 11.5. The molecule has 2 heteroatoms. The van der Waals surface area contributed by atoms with Gasteiger partial charge in [0.2, 0.25) is 0 Å². The predicted molar refractivity (Wildman–Crippen MR) is 83.7 cm³/mol. The molecule has 2 nitrogen and oxygen atoms in total. The van der Waals surface area contributed by atoms with E-state index >= 15 is 0 Å². The summed E-state index contributed by atoms with van der Waals surface area (Å²) in [6, 6.07) is 10.7. The van der Waals surface area contributed by atoms with Crippen LogP contribution in [0.2, 0.25) is 0 Å². The van der Waals surface area contributed by atoms with Gasteiger partial charge in [0.05, 0.1) is 6.61 Å². The Kier molecular flexibility index (Phi) is 9.64. The lowest BCUT2D eigenvalue weighted by Crippen LogP contribution is -2.00. The highest BCUT2D eigenvalue weighted by molar-refractivity contribution is 5.65. The van der Waals surface area contributed by atoms with Gasteiger partial charge in [0.25, 0.3) is 0 Å². The fourth-order valence-electron chi connectivity index (χ4n) is 2.35. The first kappa shape index (κ1) is 16.7. The van der Waals surface area contributed by atoms with Gasteiger partial charge >= 0.3 is 5.97 Å². The second-order valence-corrected chi connectivity index (χ2v) is 5.40. The fraction of sp³-hybridized carbons (Fsp3) is 0.611. The second-order valence-electron chi connectivity index (χ2n) is 5.40. The maximum atomic E-state index is 10.6. The van der Waals surface area contributed by atoms with Crippen molar-refractivity contribution < 1.29 is 9.53 Å². The number of esters is 1. The quantitative estimate of drug-likeness (QED) is 0.424. The van der Waals surface area contributed by atoms with E-state index in [1.54, 1.807) is 0 Å². The van der Waals surface area contributed by atoms with E-state index in [1.165, 1.54) is 63.9 Å². The van der Waals surface area contributed by atoms with E-state index in [2.05, 4.69) is 30.3 Å². The van der Waals surface area contributed by atoms with Crippen LogP contribution in [0.1, 0.15) is 63.9 Å². The van der Waals surface area contributed by atoms with Crippen LogP contribution < -0.4 is 0 Å². The van der Waals surface area contributed by atoms with Crippen molar-refractivity contribution in [2.24, 2.45) is 0 Å². The molecular weight excluding hydrogens is 248 g/mol. The van der Waals surface area contributed by atoms with Crippen LogP contribution in [0.25, 0.3) is 0 Å². The summed E-state index contributed by atoms with van der Waals surface area (Å²) in [6.45, 7) is 2.06. The van der Waals surface area contributed by atoms with Crippen molar-refractivity contribution in [1.29, 1.82) is 0 Å². The van der Waals surface area contributed by atoms with Gasteiger partial charge in [-0.1, -0.05) is 68.9 Å². The molecule has 0 bridgehead atoms. The first-order valence-corrected chi connectivity index (χ1v) is 7.96. The highest BCUT2D eigenvalue weighted by atomic mass is 16.5. The lowest BCUT2D eigenvalue weighted by molar-refractivity contribution is -0.141. The van der Waals surface area contributed by atoms with E-state index in [1.807, 2.05) is 0 Å². The minimum atomic E-state index is -0.164. The maximum Gasteiger partial charge on any atom is 0.302 e. The minimum absolute atomic E-state index is 0.164. The zero-order valence-electron chi connectivity index (χ0n) is 12.8. The zero-order valence-corrected chi connectivity index (χ0v) is 12.8. The van der Waals surface area contributed by atoms with Gasteiger partial charge in [-0.2, -0.15) is 0 Å². The van der Waals surface area contributed by atoms with Crippen molar-refractivity contribution in [2.75, 3.05) is 6.61 Å². The molecule has 0 saturated heterocycles. The number of aryl methyl sites for hydroxylation is 1. The molecule has 0 spiro atoms. The van der Waals surface area contributed by atoms with Gasteiger partial charge in [0.1, 0.15) is 0 Å². The summed E-state index contributed by atoms with van der Waals surface area (Å²) in [6.07, 6.45) is 11.3. The number of carbonyl (C=O) groups is 1. The van der Waals surface area contributed by atoms with Crippen LogP contribution in [-0.2, 0) is 16.0 Å². The highest BCUT2D eigenvalue weighted by Gasteiger charge is 1.95. The van der Waals surface area contributed by atoms with Crippen molar-refractivity contribution in [1.82, 2.24) is 0 Å². The molecule has 0 fully saturated rings. The molecule has 0 N–H and O–H groups in total. The lowest BCUT2D eigenvalue weighted by Gasteiger charge is -2.03. The van der Waals surface area contributed by atoms with Crippen molar-refractivity contribution in [3.63, 3.8) is 0 Å². The van der Waals surface area contributed by atoms with Crippen molar-refractivity contribution in [3.8, 4) is 0 Å². The van der Waals surface area contributed by atoms with Gasteiger partial charge in [-0.15, -0.1) is 0 Å². The van der Waals surface area contributed by atoms with E-state index in [-0.39, 0.29) is 5.97 Å². The zero-order chi connectivity index (χ0) is 14.5. The lowest BCUT2D eigenvalue weighted by atomic mass is 10.0. The summed E-state index contributed by atoms with van der Waals surface area (Å²) in [5.74, 6) is -0.164. The van der Waals surface area contributed by atoms with Crippen LogP contribution in [0.5, 0.6) is 0 Å². The molecular formula is C18H28O2. The number of hydrogen-bond acceptors (Lipinski definition) is 2. The summed E-state index contributed by atoms with van der Waals surface area (Å²) >= 11 is 0. The predicted octanol–water partition coefficient (Wildman–Crippen LogP) is 4.91. The number of rotatable bonds is 11.